The molecule has 2 aromatic heterocycles. The maximum absolute atomic E-state index is 12.8. The first-order valence-corrected chi connectivity index (χ1v) is 10.5. The molecular formula is C21H23N3O5S. The zero-order valence-corrected chi connectivity index (χ0v) is 18.1. The number of Topliss-reactive ketones (excluding diaryl/α,β-unsaturated/α-hetero) is 1. The van der Waals surface area contributed by atoms with E-state index in [1.54, 1.807) is 20.8 Å². The number of hydrogen-bond donors (Lipinski definition) is 1. The van der Waals surface area contributed by atoms with E-state index in [9.17, 15) is 9.59 Å². The van der Waals surface area contributed by atoms with E-state index in [1.807, 2.05) is 31.2 Å². The van der Waals surface area contributed by atoms with Crippen LogP contribution >= 0.6 is 11.8 Å². The van der Waals surface area contributed by atoms with Crippen LogP contribution in [-0.4, -0.2) is 45.9 Å². The summed E-state index contributed by atoms with van der Waals surface area (Å²) in [4.78, 5) is 27.7. The molecule has 0 saturated carbocycles. The number of nitrogens with zero attached hydrogens (tertiary/aromatic N) is 2. The molecule has 0 saturated heterocycles. The van der Waals surface area contributed by atoms with E-state index in [1.165, 1.54) is 0 Å². The van der Waals surface area contributed by atoms with Crippen molar-refractivity contribution in [3.05, 3.63) is 46.8 Å². The SMILES string of the molecule is CCOC(=O)c1[nH]c(C)c(C(=O)CSc2nnc(-c3ccccc3OCC)o2)c1C. The first-order chi connectivity index (χ1) is 14.5. The lowest BCUT2D eigenvalue weighted by Crippen LogP contribution is -2.08. The van der Waals surface area contributed by atoms with E-state index in [4.69, 9.17) is 13.9 Å². The zero-order chi connectivity index (χ0) is 21.7. The number of benzene rings is 1. The summed E-state index contributed by atoms with van der Waals surface area (Å²) in [5.74, 6) is 0.459. The molecule has 1 aromatic carbocycles. The lowest BCUT2D eigenvalue weighted by atomic mass is 10.1. The van der Waals surface area contributed by atoms with Crippen molar-refractivity contribution in [3.63, 3.8) is 0 Å². The molecule has 0 bridgehead atoms. The van der Waals surface area contributed by atoms with Crippen molar-refractivity contribution < 1.29 is 23.5 Å². The standard InChI is InChI=1S/C21H23N3O5S/c1-5-27-16-10-8-7-9-14(16)19-23-24-21(29-19)30-11-15(25)17-12(3)18(22-13(17)4)20(26)28-6-2/h7-10,22H,5-6,11H2,1-4H3. The highest BCUT2D eigenvalue weighted by Gasteiger charge is 2.23. The molecule has 1 N–H and O–H groups in total. The van der Waals surface area contributed by atoms with Gasteiger partial charge in [0, 0.05) is 11.3 Å². The Morgan fingerprint density at radius 2 is 1.90 bits per heavy atom. The summed E-state index contributed by atoms with van der Waals surface area (Å²) in [7, 11) is 0. The molecule has 0 spiro atoms. The number of para-hydroxylation sites is 1. The fraction of sp³-hybridized carbons (Fsp3) is 0.333. The van der Waals surface area contributed by atoms with Crippen LogP contribution in [0.25, 0.3) is 11.5 Å². The molecule has 9 heteroatoms. The second-order valence-corrected chi connectivity index (χ2v) is 7.29. The number of H-pyrrole nitrogens is 1. The Hall–Kier alpha value is -3.07. The zero-order valence-electron chi connectivity index (χ0n) is 17.3. The van der Waals surface area contributed by atoms with Crippen LogP contribution in [0.15, 0.2) is 33.9 Å². The van der Waals surface area contributed by atoms with Crippen molar-refractivity contribution in [3.8, 4) is 17.2 Å². The Bertz CT molecular complexity index is 1060. The smallest absolute Gasteiger partial charge is 0.355 e. The third-order valence-corrected chi connectivity index (χ3v) is 5.16. The minimum atomic E-state index is -0.473. The summed E-state index contributed by atoms with van der Waals surface area (Å²) in [5, 5.41) is 8.36. The van der Waals surface area contributed by atoms with Gasteiger partial charge in [-0.2, -0.15) is 0 Å². The van der Waals surface area contributed by atoms with Crippen LogP contribution in [0.2, 0.25) is 0 Å². The summed E-state index contributed by atoms with van der Waals surface area (Å²) in [6.45, 7) is 7.89. The number of carbonyl (C=O) groups is 2. The summed E-state index contributed by atoms with van der Waals surface area (Å²) in [6.07, 6.45) is 0. The summed E-state index contributed by atoms with van der Waals surface area (Å²) >= 11 is 1.14. The summed E-state index contributed by atoms with van der Waals surface area (Å²) in [6, 6.07) is 7.39. The maximum Gasteiger partial charge on any atom is 0.355 e. The predicted molar refractivity (Wildman–Crippen MR) is 112 cm³/mol. The first-order valence-electron chi connectivity index (χ1n) is 9.54. The monoisotopic (exact) mass is 429 g/mol. The van der Waals surface area contributed by atoms with Gasteiger partial charge in [-0.1, -0.05) is 23.9 Å². The number of nitrogens with one attached hydrogen (secondary N) is 1. The van der Waals surface area contributed by atoms with Crippen LogP contribution in [0.3, 0.4) is 0 Å². The van der Waals surface area contributed by atoms with Gasteiger partial charge in [0.1, 0.15) is 11.4 Å². The molecule has 158 valence electrons. The highest BCUT2D eigenvalue weighted by Crippen LogP contribution is 2.31. The fourth-order valence-electron chi connectivity index (χ4n) is 3.08. The van der Waals surface area contributed by atoms with Gasteiger partial charge in [-0.15, -0.1) is 10.2 Å². The number of ketones is 1. The number of carbonyl (C=O) groups excluding carboxylic acids is 2. The molecule has 3 aromatic rings. The van der Waals surface area contributed by atoms with Gasteiger partial charge < -0.3 is 18.9 Å². The van der Waals surface area contributed by atoms with Crippen LogP contribution in [0.1, 0.15) is 46.0 Å². The molecule has 0 aliphatic heterocycles. The third kappa shape index (κ3) is 4.56. The number of rotatable bonds is 9. The lowest BCUT2D eigenvalue weighted by Gasteiger charge is -2.06. The van der Waals surface area contributed by atoms with E-state index in [2.05, 4.69) is 15.2 Å². The van der Waals surface area contributed by atoms with Crippen molar-refractivity contribution in [1.29, 1.82) is 0 Å². The second-order valence-electron chi connectivity index (χ2n) is 6.36. The molecule has 0 aliphatic carbocycles. The normalized spacial score (nSPS) is 10.8. The van der Waals surface area contributed by atoms with Crippen molar-refractivity contribution in [2.75, 3.05) is 19.0 Å². The molecule has 0 fully saturated rings. The molecule has 2 heterocycles. The molecular weight excluding hydrogens is 406 g/mol. The number of thioether (sulfide) groups is 1. The van der Waals surface area contributed by atoms with Gasteiger partial charge in [0.2, 0.25) is 0 Å². The highest BCUT2D eigenvalue weighted by molar-refractivity contribution is 7.99. The number of aryl methyl sites for hydroxylation is 1. The van der Waals surface area contributed by atoms with Crippen LogP contribution in [0.4, 0.5) is 0 Å². The minimum absolute atomic E-state index is 0.0938. The van der Waals surface area contributed by atoms with Crippen molar-refractivity contribution in [2.24, 2.45) is 0 Å². The second kappa shape index (κ2) is 9.62. The number of aromatic nitrogens is 3. The van der Waals surface area contributed by atoms with Crippen molar-refractivity contribution in [2.45, 2.75) is 32.9 Å². The van der Waals surface area contributed by atoms with E-state index in [-0.39, 0.29) is 23.4 Å². The summed E-state index contributed by atoms with van der Waals surface area (Å²) in [5.41, 5.74) is 2.68. The first kappa shape index (κ1) is 21.6. The van der Waals surface area contributed by atoms with Gasteiger partial charge in [-0.05, 0) is 45.4 Å². The van der Waals surface area contributed by atoms with Gasteiger partial charge in [0.25, 0.3) is 11.1 Å². The molecule has 0 atom stereocenters. The van der Waals surface area contributed by atoms with Crippen LogP contribution in [0, 0.1) is 13.8 Å². The van der Waals surface area contributed by atoms with Gasteiger partial charge >= 0.3 is 5.97 Å². The molecule has 0 unspecified atom stereocenters. The molecule has 0 radical (unpaired) electrons. The largest absolute Gasteiger partial charge is 0.493 e. The van der Waals surface area contributed by atoms with E-state index < -0.39 is 5.97 Å². The van der Waals surface area contributed by atoms with Crippen molar-refractivity contribution >= 4 is 23.5 Å². The minimum Gasteiger partial charge on any atom is -0.493 e. The number of esters is 1. The average Bonchev–Trinajstić information content (AvgIpc) is 3.31. The van der Waals surface area contributed by atoms with Crippen LogP contribution in [-0.2, 0) is 4.74 Å². The molecule has 0 amide bonds. The van der Waals surface area contributed by atoms with E-state index >= 15 is 0 Å². The Labute approximate surface area is 178 Å². The number of aromatic amines is 1. The van der Waals surface area contributed by atoms with Crippen LogP contribution in [0.5, 0.6) is 5.75 Å². The Morgan fingerprint density at radius 3 is 2.63 bits per heavy atom. The third-order valence-electron chi connectivity index (χ3n) is 4.35. The Kier molecular flexibility index (Phi) is 6.94. The highest BCUT2D eigenvalue weighted by atomic mass is 32.2. The van der Waals surface area contributed by atoms with E-state index in [0.717, 1.165) is 11.8 Å². The van der Waals surface area contributed by atoms with Gasteiger partial charge in [0.15, 0.2) is 5.78 Å². The average molecular weight is 429 g/mol. The van der Waals surface area contributed by atoms with E-state index in [0.29, 0.717) is 46.3 Å². The molecule has 8 nitrogen and oxygen atoms in total. The molecule has 3 rings (SSSR count). The predicted octanol–water partition coefficient (Wildman–Crippen LogP) is 4.23. The summed E-state index contributed by atoms with van der Waals surface area (Å²) < 4.78 is 16.3. The molecule has 30 heavy (non-hydrogen) atoms. The fourth-order valence-corrected chi connectivity index (χ4v) is 3.71. The topological polar surface area (TPSA) is 107 Å². The Balaban J connectivity index is 1.72. The number of hydrogen-bond acceptors (Lipinski definition) is 8. The maximum atomic E-state index is 12.8. The Morgan fingerprint density at radius 1 is 1.13 bits per heavy atom. The number of ether oxygens (including phenoxy) is 2. The lowest BCUT2D eigenvalue weighted by molar-refractivity contribution is 0.0519. The molecule has 0 aliphatic rings. The quantitative estimate of drug-likeness (QED) is 0.306. The van der Waals surface area contributed by atoms with Gasteiger partial charge in [0.05, 0.1) is 24.5 Å². The van der Waals surface area contributed by atoms with Crippen LogP contribution < -0.4 is 4.74 Å². The van der Waals surface area contributed by atoms with Gasteiger partial charge in [-0.3, -0.25) is 4.79 Å². The van der Waals surface area contributed by atoms with Crippen molar-refractivity contribution in [1.82, 2.24) is 15.2 Å². The van der Waals surface area contributed by atoms with Gasteiger partial charge in [-0.25, -0.2) is 4.79 Å².